The molecule has 1 heterocycles. The molecule has 0 spiro atoms. The van der Waals surface area contributed by atoms with Crippen molar-refractivity contribution in [3.63, 3.8) is 0 Å². The van der Waals surface area contributed by atoms with E-state index >= 15 is 0 Å². The molecule has 0 radical (unpaired) electrons. The summed E-state index contributed by atoms with van der Waals surface area (Å²) in [5, 5.41) is 3.68. The maximum Gasteiger partial charge on any atom is 0.0354 e. The van der Waals surface area contributed by atoms with E-state index < -0.39 is 0 Å². The lowest BCUT2D eigenvalue weighted by Crippen LogP contribution is -2.31. The third-order valence-corrected chi connectivity index (χ3v) is 3.58. The number of fused-ring (bicyclic) bond motifs is 1. The van der Waals surface area contributed by atoms with E-state index in [1.54, 1.807) is 11.1 Å². The standard InChI is InChI=1S/C13H17N/c1-9-3-2-4-10-7-8-14-13(12(9)10)11-5-6-11/h2-4,11,13-14H,5-8H2,1H3. The first-order chi connectivity index (χ1) is 6.86. The zero-order valence-corrected chi connectivity index (χ0v) is 8.72. The lowest BCUT2D eigenvalue weighted by molar-refractivity contribution is 0.456. The largest absolute Gasteiger partial charge is 0.309 e. The summed E-state index contributed by atoms with van der Waals surface area (Å²) in [5.41, 5.74) is 4.67. The smallest absolute Gasteiger partial charge is 0.0354 e. The Morgan fingerprint density at radius 2 is 2.14 bits per heavy atom. The van der Waals surface area contributed by atoms with Gasteiger partial charge in [0.1, 0.15) is 0 Å². The van der Waals surface area contributed by atoms with Crippen LogP contribution < -0.4 is 5.32 Å². The fourth-order valence-electron chi connectivity index (χ4n) is 2.70. The van der Waals surface area contributed by atoms with Gasteiger partial charge < -0.3 is 5.32 Å². The molecule has 1 nitrogen and oxygen atoms in total. The van der Waals surface area contributed by atoms with Crippen LogP contribution in [0.15, 0.2) is 18.2 Å². The third-order valence-electron chi connectivity index (χ3n) is 3.58. The van der Waals surface area contributed by atoms with Crippen LogP contribution in [-0.4, -0.2) is 6.54 Å². The lowest BCUT2D eigenvalue weighted by atomic mass is 9.88. The topological polar surface area (TPSA) is 12.0 Å². The second kappa shape index (κ2) is 3.09. The summed E-state index contributed by atoms with van der Waals surface area (Å²) in [4.78, 5) is 0. The van der Waals surface area contributed by atoms with Gasteiger partial charge in [0.2, 0.25) is 0 Å². The Balaban J connectivity index is 2.07. The zero-order chi connectivity index (χ0) is 9.54. The van der Waals surface area contributed by atoms with Crippen LogP contribution in [0.1, 0.15) is 35.6 Å². The molecule has 3 rings (SSSR count). The molecular weight excluding hydrogens is 170 g/mol. The van der Waals surface area contributed by atoms with E-state index in [4.69, 9.17) is 0 Å². The molecule has 2 aliphatic rings. The molecule has 1 N–H and O–H groups in total. The Bertz CT molecular complexity index is 352. The molecule has 0 aromatic heterocycles. The number of benzene rings is 1. The van der Waals surface area contributed by atoms with Crippen molar-refractivity contribution in [2.45, 2.75) is 32.2 Å². The second-order valence-electron chi connectivity index (χ2n) is 4.67. The molecule has 14 heavy (non-hydrogen) atoms. The molecule has 1 saturated carbocycles. The predicted octanol–water partition coefficient (Wildman–Crippen LogP) is 2.59. The molecule has 1 aromatic carbocycles. The number of hydrogen-bond acceptors (Lipinski definition) is 1. The first-order valence-corrected chi connectivity index (χ1v) is 5.68. The highest BCUT2D eigenvalue weighted by Crippen LogP contribution is 2.44. The Morgan fingerprint density at radius 3 is 2.93 bits per heavy atom. The van der Waals surface area contributed by atoms with E-state index in [1.807, 2.05) is 0 Å². The van der Waals surface area contributed by atoms with E-state index in [-0.39, 0.29) is 0 Å². The van der Waals surface area contributed by atoms with Gasteiger partial charge in [-0.3, -0.25) is 0 Å². The van der Waals surface area contributed by atoms with Gasteiger partial charge in [0.25, 0.3) is 0 Å². The highest BCUT2D eigenvalue weighted by atomic mass is 14.9. The zero-order valence-electron chi connectivity index (χ0n) is 8.72. The van der Waals surface area contributed by atoms with Gasteiger partial charge >= 0.3 is 0 Å². The molecule has 1 heteroatoms. The Hall–Kier alpha value is -0.820. The third kappa shape index (κ3) is 1.27. The molecule has 1 aliphatic carbocycles. The predicted molar refractivity (Wildman–Crippen MR) is 58.4 cm³/mol. The summed E-state index contributed by atoms with van der Waals surface area (Å²) >= 11 is 0. The van der Waals surface area contributed by atoms with Crippen molar-refractivity contribution in [3.8, 4) is 0 Å². The average molecular weight is 187 g/mol. The van der Waals surface area contributed by atoms with Gasteiger partial charge in [-0.25, -0.2) is 0 Å². The van der Waals surface area contributed by atoms with Crippen molar-refractivity contribution in [2.24, 2.45) is 5.92 Å². The summed E-state index contributed by atoms with van der Waals surface area (Å²) in [5.74, 6) is 0.926. The molecule has 1 aromatic rings. The van der Waals surface area contributed by atoms with Crippen LogP contribution >= 0.6 is 0 Å². The maximum absolute atomic E-state index is 3.68. The summed E-state index contributed by atoms with van der Waals surface area (Å²) < 4.78 is 0. The molecule has 0 saturated heterocycles. The lowest BCUT2D eigenvalue weighted by Gasteiger charge is -2.28. The molecule has 1 atom stereocenters. The highest BCUT2D eigenvalue weighted by molar-refractivity contribution is 5.39. The first-order valence-electron chi connectivity index (χ1n) is 5.68. The van der Waals surface area contributed by atoms with Crippen molar-refractivity contribution < 1.29 is 0 Å². The van der Waals surface area contributed by atoms with Crippen LogP contribution in [-0.2, 0) is 6.42 Å². The van der Waals surface area contributed by atoms with E-state index in [0.29, 0.717) is 6.04 Å². The van der Waals surface area contributed by atoms with Gasteiger partial charge in [-0.15, -0.1) is 0 Å². The molecular formula is C13H17N. The van der Waals surface area contributed by atoms with Crippen LogP contribution in [0.25, 0.3) is 0 Å². The van der Waals surface area contributed by atoms with E-state index in [9.17, 15) is 0 Å². The van der Waals surface area contributed by atoms with Crippen molar-refractivity contribution in [1.82, 2.24) is 5.32 Å². The van der Waals surface area contributed by atoms with Crippen LogP contribution in [0.2, 0.25) is 0 Å². The normalized spacial score (nSPS) is 25.9. The number of aryl methyl sites for hydroxylation is 1. The van der Waals surface area contributed by atoms with Crippen molar-refractivity contribution in [2.75, 3.05) is 6.54 Å². The van der Waals surface area contributed by atoms with Crippen molar-refractivity contribution in [3.05, 3.63) is 34.9 Å². The molecule has 1 fully saturated rings. The first kappa shape index (κ1) is 8.49. The Labute approximate surface area is 85.5 Å². The SMILES string of the molecule is Cc1cccc2c1C(C1CC1)NCC2. The minimum Gasteiger partial charge on any atom is -0.309 e. The van der Waals surface area contributed by atoms with Gasteiger partial charge in [0, 0.05) is 6.04 Å². The average Bonchev–Trinajstić information content (AvgIpc) is 3.01. The van der Waals surface area contributed by atoms with Gasteiger partial charge in [-0.1, -0.05) is 18.2 Å². The Morgan fingerprint density at radius 1 is 1.29 bits per heavy atom. The Kier molecular flexibility index (Phi) is 1.88. The molecule has 0 bridgehead atoms. The summed E-state index contributed by atoms with van der Waals surface area (Å²) in [6, 6.07) is 7.42. The fourth-order valence-corrected chi connectivity index (χ4v) is 2.70. The van der Waals surface area contributed by atoms with Crippen LogP contribution in [0, 0.1) is 12.8 Å². The minimum absolute atomic E-state index is 0.667. The van der Waals surface area contributed by atoms with Crippen LogP contribution in [0.3, 0.4) is 0 Å². The van der Waals surface area contributed by atoms with Crippen LogP contribution in [0.4, 0.5) is 0 Å². The van der Waals surface area contributed by atoms with Crippen molar-refractivity contribution >= 4 is 0 Å². The van der Waals surface area contributed by atoms with Gasteiger partial charge in [-0.05, 0) is 55.3 Å². The molecule has 0 amide bonds. The molecule has 1 aliphatic heterocycles. The summed E-state index contributed by atoms with van der Waals surface area (Å²) in [6.45, 7) is 3.42. The molecule has 1 unspecified atom stereocenters. The van der Waals surface area contributed by atoms with Crippen LogP contribution in [0.5, 0.6) is 0 Å². The van der Waals surface area contributed by atoms with Gasteiger partial charge in [0.15, 0.2) is 0 Å². The minimum atomic E-state index is 0.667. The second-order valence-corrected chi connectivity index (χ2v) is 4.67. The maximum atomic E-state index is 3.68. The summed E-state index contributed by atoms with van der Waals surface area (Å²) in [6.07, 6.45) is 4.05. The molecule has 74 valence electrons. The quantitative estimate of drug-likeness (QED) is 0.712. The van der Waals surface area contributed by atoms with E-state index in [2.05, 4.69) is 30.4 Å². The number of hydrogen-bond donors (Lipinski definition) is 1. The monoisotopic (exact) mass is 187 g/mol. The number of rotatable bonds is 1. The van der Waals surface area contributed by atoms with E-state index in [1.165, 1.54) is 24.8 Å². The summed E-state index contributed by atoms with van der Waals surface area (Å²) in [7, 11) is 0. The van der Waals surface area contributed by atoms with Crippen molar-refractivity contribution in [1.29, 1.82) is 0 Å². The van der Waals surface area contributed by atoms with E-state index in [0.717, 1.165) is 12.5 Å². The number of nitrogens with one attached hydrogen (secondary N) is 1. The fraction of sp³-hybridized carbons (Fsp3) is 0.538. The highest BCUT2D eigenvalue weighted by Gasteiger charge is 2.35. The van der Waals surface area contributed by atoms with Gasteiger partial charge in [0.05, 0.1) is 0 Å². The van der Waals surface area contributed by atoms with Gasteiger partial charge in [-0.2, -0.15) is 0 Å².